The largest absolute Gasteiger partial charge is 0.480 e. The number of carbonyl (C=O) groups excluding carboxylic acids is 1. The lowest BCUT2D eigenvalue weighted by molar-refractivity contribution is -0.137. The van der Waals surface area contributed by atoms with E-state index in [1.54, 1.807) is 31.2 Å². The van der Waals surface area contributed by atoms with Crippen molar-refractivity contribution < 1.29 is 14.7 Å². The van der Waals surface area contributed by atoms with Crippen molar-refractivity contribution in [3.63, 3.8) is 0 Å². The second-order valence-electron chi connectivity index (χ2n) is 4.51. The predicted octanol–water partition coefficient (Wildman–Crippen LogP) is 2.00. The molecule has 0 spiro atoms. The molecule has 1 unspecified atom stereocenters. The first-order chi connectivity index (χ1) is 9.45. The van der Waals surface area contributed by atoms with E-state index in [2.05, 4.69) is 5.32 Å². The molecule has 20 heavy (non-hydrogen) atoms. The minimum absolute atomic E-state index is 0.240. The maximum Gasteiger partial charge on any atom is 0.323 e. The average molecular weight is 299 g/mol. The SMILES string of the molecule is CCNCC(C)C(=O)N(CC(=O)O)c1cccc(Cl)c1. The fraction of sp³-hybridized carbons (Fsp3) is 0.429. The number of nitrogens with one attached hydrogen (secondary N) is 1. The number of rotatable bonds is 7. The van der Waals surface area contributed by atoms with Crippen LogP contribution in [0.2, 0.25) is 5.02 Å². The van der Waals surface area contributed by atoms with Crippen molar-refractivity contribution in [3.8, 4) is 0 Å². The highest BCUT2D eigenvalue weighted by molar-refractivity contribution is 6.30. The van der Waals surface area contributed by atoms with Gasteiger partial charge in [0.2, 0.25) is 5.91 Å². The number of carboxylic acids is 1. The van der Waals surface area contributed by atoms with Crippen molar-refractivity contribution in [3.05, 3.63) is 29.3 Å². The van der Waals surface area contributed by atoms with Crippen molar-refractivity contribution in [1.29, 1.82) is 0 Å². The van der Waals surface area contributed by atoms with E-state index in [0.717, 1.165) is 6.54 Å². The molecule has 0 saturated carbocycles. The lowest BCUT2D eigenvalue weighted by atomic mass is 10.1. The van der Waals surface area contributed by atoms with Gasteiger partial charge < -0.3 is 15.3 Å². The number of carbonyl (C=O) groups is 2. The molecule has 0 aliphatic rings. The first-order valence-electron chi connectivity index (χ1n) is 6.45. The van der Waals surface area contributed by atoms with Crippen LogP contribution in [0.25, 0.3) is 0 Å². The van der Waals surface area contributed by atoms with Gasteiger partial charge in [0, 0.05) is 23.2 Å². The van der Waals surface area contributed by atoms with Gasteiger partial charge in [0.1, 0.15) is 6.54 Å². The highest BCUT2D eigenvalue weighted by Crippen LogP contribution is 2.21. The Morgan fingerprint density at radius 2 is 2.15 bits per heavy atom. The molecule has 110 valence electrons. The van der Waals surface area contributed by atoms with Crippen molar-refractivity contribution in [2.45, 2.75) is 13.8 Å². The average Bonchev–Trinajstić information content (AvgIpc) is 2.41. The third-order valence-electron chi connectivity index (χ3n) is 2.80. The number of hydrogen-bond donors (Lipinski definition) is 2. The fourth-order valence-electron chi connectivity index (χ4n) is 1.79. The van der Waals surface area contributed by atoms with Gasteiger partial charge in [-0.3, -0.25) is 9.59 Å². The molecule has 1 rings (SSSR count). The molecule has 0 saturated heterocycles. The van der Waals surface area contributed by atoms with Crippen LogP contribution in [0.3, 0.4) is 0 Å². The van der Waals surface area contributed by atoms with Crippen LogP contribution in [0, 0.1) is 5.92 Å². The second kappa shape index (κ2) is 7.87. The van der Waals surface area contributed by atoms with Gasteiger partial charge in [-0.2, -0.15) is 0 Å². The summed E-state index contributed by atoms with van der Waals surface area (Å²) in [5.41, 5.74) is 0.494. The van der Waals surface area contributed by atoms with Crippen molar-refractivity contribution >= 4 is 29.2 Å². The monoisotopic (exact) mass is 298 g/mol. The Bertz CT molecular complexity index is 479. The molecule has 1 amide bonds. The number of anilines is 1. The van der Waals surface area contributed by atoms with E-state index >= 15 is 0 Å². The van der Waals surface area contributed by atoms with Gasteiger partial charge in [-0.15, -0.1) is 0 Å². The number of aliphatic carboxylic acids is 1. The minimum atomic E-state index is -1.06. The Morgan fingerprint density at radius 3 is 2.70 bits per heavy atom. The number of benzene rings is 1. The number of halogens is 1. The molecule has 0 aliphatic carbocycles. The molecule has 0 bridgehead atoms. The predicted molar refractivity (Wildman–Crippen MR) is 79.1 cm³/mol. The van der Waals surface area contributed by atoms with Crippen molar-refractivity contribution in [2.75, 3.05) is 24.5 Å². The van der Waals surface area contributed by atoms with Crippen LogP contribution in [0.1, 0.15) is 13.8 Å². The highest BCUT2D eigenvalue weighted by Gasteiger charge is 2.23. The van der Waals surface area contributed by atoms with E-state index in [4.69, 9.17) is 16.7 Å². The summed E-state index contributed by atoms with van der Waals surface area (Å²) < 4.78 is 0. The topological polar surface area (TPSA) is 69.6 Å². The van der Waals surface area contributed by atoms with E-state index in [-0.39, 0.29) is 18.4 Å². The Morgan fingerprint density at radius 1 is 1.45 bits per heavy atom. The lowest BCUT2D eigenvalue weighted by Gasteiger charge is -2.24. The zero-order valence-electron chi connectivity index (χ0n) is 11.6. The number of amides is 1. The summed E-state index contributed by atoms with van der Waals surface area (Å²) in [4.78, 5) is 24.6. The van der Waals surface area contributed by atoms with Crippen LogP contribution in [0.15, 0.2) is 24.3 Å². The normalized spacial score (nSPS) is 11.9. The summed E-state index contributed by atoms with van der Waals surface area (Å²) in [7, 11) is 0. The molecule has 6 heteroatoms. The molecule has 0 radical (unpaired) electrons. The molecule has 5 nitrogen and oxygen atoms in total. The Kier molecular flexibility index (Phi) is 6.48. The molecular weight excluding hydrogens is 280 g/mol. The van der Waals surface area contributed by atoms with E-state index in [0.29, 0.717) is 17.3 Å². The summed E-state index contributed by atoms with van der Waals surface area (Å²) in [5, 5.41) is 12.5. The molecule has 1 aromatic rings. The van der Waals surface area contributed by atoms with Crippen LogP contribution in [-0.2, 0) is 9.59 Å². The van der Waals surface area contributed by atoms with Crippen LogP contribution in [0.4, 0.5) is 5.69 Å². The molecular formula is C14H19ClN2O3. The minimum Gasteiger partial charge on any atom is -0.480 e. The zero-order chi connectivity index (χ0) is 15.1. The first-order valence-corrected chi connectivity index (χ1v) is 6.83. The fourth-order valence-corrected chi connectivity index (χ4v) is 1.97. The molecule has 1 aromatic carbocycles. The molecule has 2 N–H and O–H groups in total. The van der Waals surface area contributed by atoms with Gasteiger partial charge in [-0.1, -0.05) is 31.5 Å². The quantitative estimate of drug-likeness (QED) is 0.808. The summed E-state index contributed by atoms with van der Waals surface area (Å²) in [6.45, 7) is 4.60. The van der Waals surface area contributed by atoms with Crippen molar-refractivity contribution in [2.24, 2.45) is 5.92 Å². The Labute approximate surface area is 123 Å². The number of hydrogen-bond acceptors (Lipinski definition) is 3. The zero-order valence-corrected chi connectivity index (χ0v) is 12.4. The summed E-state index contributed by atoms with van der Waals surface area (Å²) in [6.07, 6.45) is 0. The number of nitrogens with zero attached hydrogens (tertiary/aromatic N) is 1. The van der Waals surface area contributed by atoms with Gasteiger partial charge in [0.05, 0.1) is 0 Å². The molecule has 0 fully saturated rings. The Hall–Kier alpha value is -1.59. The Balaban J connectivity index is 2.94. The van der Waals surface area contributed by atoms with E-state index < -0.39 is 5.97 Å². The maximum atomic E-state index is 12.4. The standard InChI is InChI=1S/C14H19ClN2O3/c1-3-16-8-10(2)14(20)17(9-13(18)19)12-6-4-5-11(15)7-12/h4-7,10,16H,3,8-9H2,1-2H3,(H,18,19). The van der Waals surface area contributed by atoms with Gasteiger partial charge in [-0.25, -0.2) is 0 Å². The summed E-state index contributed by atoms with van der Waals surface area (Å²) >= 11 is 5.90. The van der Waals surface area contributed by atoms with Gasteiger partial charge in [0.15, 0.2) is 0 Å². The van der Waals surface area contributed by atoms with E-state index in [1.165, 1.54) is 4.90 Å². The molecule has 0 heterocycles. The smallest absolute Gasteiger partial charge is 0.323 e. The molecule has 1 atom stereocenters. The van der Waals surface area contributed by atoms with Gasteiger partial charge in [-0.05, 0) is 24.7 Å². The highest BCUT2D eigenvalue weighted by atomic mass is 35.5. The third kappa shape index (κ3) is 4.83. The van der Waals surface area contributed by atoms with Gasteiger partial charge >= 0.3 is 5.97 Å². The van der Waals surface area contributed by atoms with Gasteiger partial charge in [0.25, 0.3) is 0 Å². The summed E-state index contributed by atoms with van der Waals surface area (Å²) in [6, 6.07) is 6.63. The number of carboxylic acid groups (broad SMARTS) is 1. The maximum absolute atomic E-state index is 12.4. The third-order valence-corrected chi connectivity index (χ3v) is 3.04. The van der Waals surface area contributed by atoms with Crippen LogP contribution >= 0.6 is 11.6 Å². The second-order valence-corrected chi connectivity index (χ2v) is 4.94. The van der Waals surface area contributed by atoms with Crippen LogP contribution < -0.4 is 10.2 Å². The first kappa shape index (κ1) is 16.5. The lowest BCUT2D eigenvalue weighted by Crippen LogP contribution is -2.42. The molecule has 0 aromatic heterocycles. The van der Waals surface area contributed by atoms with Crippen LogP contribution in [0.5, 0.6) is 0 Å². The molecule has 0 aliphatic heterocycles. The van der Waals surface area contributed by atoms with E-state index in [1.807, 2.05) is 6.92 Å². The summed E-state index contributed by atoms with van der Waals surface area (Å²) in [5.74, 6) is -1.61. The van der Waals surface area contributed by atoms with E-state index in [9.17, 15) is 9.59 Å². The van der Waals surface area contributed by atoms with Crippen molar-refractivity contribution in [1.82, 2.24) is 5.32 Å². The van der Waals surface area contributed by atoms with Crippen LogP contribution in [-0.4, -0.2) is 36.6 Å².